The predicted octanol–water partition coefficient (Wildman–Crippen LogP) is 5.94. The van der Waals surface area contributed by atoms with Crippen LogP contribution in [-0.2, 0) is 0 Å². The summed E-state index contributed by atoms with van der Waals surface area (Å²) < 4.78 is 6.18. The second-order valence-electron chi connectivity index (χ2n) is 5.44. The van der Waals surface area contributed by atoms with Gasteiger partial charge in [0.15, 0.2) is 0 Å². The zero-order valence-corrected chi connectivity index (χ0v) is 15.3. The molecule has 0 N–H and O–H groups in total. The Morgan fingerprint density at radius 3 is 1.96 bits per heavy atom. The number of hydrogen-bond acceptors (Lipinski definition) is 2. The highest BCUT2D eigenvalue weighted by atomic mass is 79.9. The second-order valence-corrected chi connectivity index (χ2v) is 6.30. The van der Waals surface area contributed by atoms with E-state index in [1.165, 1.54) is 0 Å². The fourth-order valence-electron chi connectivity index (χ4n) is 2.75. The van der Waals surface area contributed by atoms with Crippen LogP contribution in [-0.4, -0.2) is 7.11 Å². The third-order valence-electron chi connectivity index (χ3n) is 3.93. The van der Waals surface area contributed by atoms with Crippen LogP contribution in [0.5, 0.6) is 5.75 Å². The number of nitriles is 1. The first-order valence-electron chi connectivity index (χ1n) is 7.83. The monoisotopic (exact) mass is 389 g/mol. The van der Waals surface area contributed by atoms with Crippen LogP contribution in [0.3, 0.4) is 0 Å². The number of halogens is 1. The summed E-state index contributed by atoms with van der Waals surface area (Å²) in [6.45, 7) is 0. The molecule has 2 nitrogen and oxygen atoms in total. The minimum Gasteiger partial charge on any atom is -0.496 e. The molecule has 3 aromatic carbocycles. The Labute approximate surface area is 156 Å². The molecule has 0 unspecified atom stereocenters. The van der Waals surface area contributed by atoms with Gasteiger partial charge >= 0.3 is 0 Å². The highest BCUT2D eigenvalue weighted by Gasteiger charge is 2.15. The van der Waals surface area contributed by atoms with E-state index in [1.807, 2.05) is 78.9 Å². The largest absolute Gasteiger partial charge is 0.496 e. The number of benzene rings is 3. The molecule has 0 aromatic heterocycles. The maximum atomic E-state index is 9.90. The maximum absolute atomic E-state index is 9.90. The van der Waals surface area contributed by atoms with Crippen LogP contribution in [0, 0.1) is 11.3 Å². The molecule has 3 rings (SSSR count). The fraction of sp³-hybridized carbons (Fsp3) is 0.0455. The first kappa shape index (κ1) is 17.0. The van der Waals surface area contributed by atoms with Gasteiger partial charge in [0, 0.05) is 5.57 Å². The van der Waals surface area contributed by atoms with Gasteiger partial charge in [-0.1, -0.05) is 66.7 Å². The summed E-state index contributed by atoms with van der Waals surface area (Å²) >= 11 is 3.54. The molecule has 0 aliphatic rings. The number of nitrogens with zero attached hydrogens (tertiary/aromatic N) is 1. The number of ether oxygens (including phenoxy) is 1. The summed E-state index contributed by atoms with van der Waals surface area (Å²) in [6, 6.07) is 28.0. The van der Waals surface area contributed by atoms with Crippen LogP contribution in [0.4, 0.5) is 0 Å². The Bertz CT molecular complexity index is 941. The molecule has 0 fully saturated rings. The van der Waals surface area contributed by atoms with Gasteiger partial charge in [0.1, 0.15) is 11.8 Å². The van der Waals surface area contributed by atoms with Crippen molar-refractivity contribution in [3.63, 3.8) is 0 Å². The first-order valence-corrected chi connectivity index (χ1v) is 8.63. The van der Waals surface area contributed by atoms with Crippen molar-refractivity contribution in [3.05, 3.63) is 100 Å². The van der Waals surface area contributed by atoms with Crippen molar-refractivity contribution in [2.45, 2.75) is 0 Å². The van der Waals surface area contributed by atoms with Crippen molar-refractivity contribution in [1.29, 1.82) is 5.26 Å². The standard InChI is InChI=1S/C22H16BrNO/c1-25-21-13-12-18(14-20(21)23)22(17-10-6-3-7-11-17)19(15-24)16-8-4-2-5-9-16/h2-14H,1H3/b22-19+. The fourth-order valence-corrected chi connectivity index (χ4v) is 3.29. The quantitative estimate of drug-likeness (QED) is 0.408. The van der Waals surface area contributed by atoms with Crippen molar-refractivity contribution >= 4 is 27.1 Å². The molecule has 0 amide bonds. The molecule has 0 heterocycles. The van der Waals surface area contributed by atoms with E-state index in [0.717, 1.165) is 32.5 Å². The van der Waals surface area contributed by atoms with Gasteiger partial charge in [-0.2, -0.15) is 5.26 Å². The van der Waals surface area contributed by atoms with Gasteiger partial charge < -0.3 is 4.74 Å². The molecule has 3 aromatic rings. The predicted molar refractivity (Wildman–Crippen MR) is 105 cm³/mol. The zero-order valence-electron chi connectivity index (χ0n) is 13.7. The Kier molecular flexibility index (Phi) is 5.33. The Balaban J connectivity index is 2.29. The lowest BCUT2D eigenvalue weighted by atomic mass is 9.90. The molecule has 25 heavy (non-hydrogen) atoms. The van der Waals surface area contributed by atoms with E-state index in [2.05, 4.69) is 22.0 Å². The molecule has 0 saturated heterocycles. The van der Waals surface area contributed by atoms with E-state index in [1.54, 1.807) is 7.11 Å². The molecule has 0 bridgehead atoms. The van der Waals surface area contributed by atoms with Crippen molar-refractivity contribution in [1.82, 2.24) is 0 Å². The third kappa shape index (κ3) is 3.65. The van der Waals surface area contributed by atoms with E-state index in [0.29, 0.717) is 5.57 Å². The van der Waals surface area contributed by atoms with E-state index in [4.69, 9.17) is 4.74 Å². The summed E-state index contributed by atoms with van der Waals surface area (Å²) in [7, 11) is 1.64. The summed E-state index contributed by atoms with van der Waals surface area (Å²) in [4.78, 5) is 0. The lowest BCUT2D eigenvalue weighted by Gasteiger charge is -2.14. The van der Waals surface area contributed by atoms with E-state index in [-0.39, 0.29) is 0 Å². The topological polar surface area (TPSA) is 33.0 Å². The number of allylic oxidation sites excluding steroid dienone is 1. The van der Waals surface area contributed by atoms with Crippen LogP contribution < -0.4 is 4.74 Å². The number of methoxy groups -OCH3 is 1. The highest BCUT2D eigenvalue weighted by Crippen LogP contribution is 2.35. The van der Waals surface area contributed by atoms with Crippen molar-refractivity contribution in [2.75, 3.05) is 7.11 Å². The maximum Gasteiger partial charge on any atom is 0.133 e. The zero-order chi connectivity index (χ0) is 17.6. The molecule has 0 radical (unpaired) electrons. The van der Waals surface area contributed by atoms with E-state index in [9.17, 15) is 5.26 Å². The second kappa shape index (κ2) is 7.83. The lowest BCUT2D eigenvalue weighted by Crippen LogP contribution is -1.95. The average Bonchev–Trinajstić information content (AvgIpc) is 2.67. The average molecular weight is 390 g/mol. The minimum atomic E-state index is 0.642. The molecule has 0 spiro atoms. The van der Waals surface area contributed by atoms with Crippen LogP contribution in [0.25, 0.3) is 11.1 Å². The van der Waals surface area contributed by atoms with Gasteiger partial charge in [-0.3, -0.25) is 0 Å². The molecule has 0 aliphatic carbocycles. The van der Waals surface area contributed by atoms with Gasteiger partial charge in [-0.15, -0.1) is 0 Å². The molecule has 0 aliphatic heterocycles. The first-order chi connectivity index (χ1) is 12.2. The molecular weight excluding hydrogens is 374 g/mol. The van der Waals surface area contributed by atoms with Gasteiger partial charge in [0.25, 0.3) is 0 Å². The number of rotatable bonds is 4. The van der Waals surface area contributed by atoms with E-state index >= 15 is 0 Å². The molecular formula is C22H16BrNO. The smallest absolute Gasteiger partial charge is 0.133 e. The van der Waals surface area contributed by atoms with Crippen molar-refractivity contribution in [2.24, 2.45) is 0 Å². The number of hydrogen-bond donors (Lipinski definition) is 0. The van der Waals surface area contributed by atoms with Crippen LogP contribution in [0.2, 0.25) is 0 Å². The van der Waals surface area contributed by atoms with Crippen molar-refractivity contribution < 1.29 is 4.74 Å². The summed E-state index contributed by atoms with van der Waals surface area (Å²) in [5, 5.41) is 9.90. The summed E-state index contributed by atoms with van der Waals surface area (Å²) in [5.74, 6) is 0.759. The Hall–Kier alpha value is -2.83. The van der Waals surface area contributed by atoms with Crippen LogP contribution >= 0.6 is 15.9 Å². The third-order valence-corrected chi connectivity index (χ3v) is 4.55. The van der Waals surface area contributed by atoms with E-state index < -0.39 is 0 Å². The SMILES string of the molecule is COc1ccc(/C(=C(\C#N)c2ccccc2)c2ccccc2)cc1Br. The molecule has 3 heteroatoms. The minimum absolute atomic E-state index is 0.642. The lowest BCUT2D eigenvalue weighted by molar-refractivity contribution is 0.412. The van der Waals surface area contributed by atoms with Crippen LogP contribution in [0.15, 0.2) is 83.3 Å². The summed E-state index contributed by atoms with van der Waals surface area (Å²) in [6.07, 6.45) is 0. The Morgan fingerprint density at radius 1 is 0.840 bits per heavy atom. The normalized spacial score (nSPS) is 11.4. The molecule has 0 saturated carbocycles. The Morgan fingerprint density at radius 2 is 1.44 bits per heavy atom. The van der Waals surface area contributed by atoms with Crippen molar-refractivity contribution in [3.8, 4) is 11.8 Å². The molecule has 122 valence electrons. The summed E-state index contributed by atoms with van der Waals surface area (Å²) in [5.41, 5.74) is 4.40. The van der Waals surface area contributed by atoms with Gasteiger partial charge in [-0.05, 0) is 44.8 Å². The van der Waals surface area contributed by atoms with Gasteiger partial charge in [-0.25, -0.2) is 0 Å². The molecule has 0 atom stereocenters. The highest BCUT2D eigenvalue weighted by molar-refractivity contribution is 9.10. The van der Waals surface area contributed by atoms with Gasteiger partial charge in [0.2, 0.25) is 0 Å². The van der Waals surface area contributed by atoms with Crippen LogP contribution in [0.1, 0.15) is 16.7 Å². The van der Waals surface area contributed by atoms with Gasteiger partial charge in [0.05, 0.1) is 17.2 Å².